The molecule has 0 saturated heterocycles. The number of anilines is 4. The van der Waals surface area contributed by atoms with Crippen LogP contribution in [0.2, 0.25) is 0 Å². The average molecular weight is 894 g/mol. The zero-order chi connectivity index (χ0) is 45.4. The first-order valence-corrected chi connectivity index (χ1v) is 23.6. The Bertz CT molecular complexity index is 3530. The molecule has 330 valence electrons. The number of nitrogens with zero attached hydrogens (tertiary/aromatic N) is 3. The van der Waals surface area contributed by atoms with Crippen molar-refractivity contribution < 1.29 is 18.3 Å². The predicted molar refractivity (Wildman–Crippen MR) is 277 cm³/mol. The van der Waals surface area contributed by atoms with Gasteiger partial charge in [0.15, 0.2) is 0 Å². The number of furan rings is 2. The van der Waals surface area contributed by atoms with E-state index in [1.807, 2.05) is 36.4 Å². The van der Waals surface area contributed by atoms with Gasteiger partial charge in [-0.2, -0.15) is 0 Å². The van der Waals surface area contributed by atoms with Crippen LogP contribution in [0.25, 0.3) is 60.6 Å². The van der Waals surface area contributed by atoms with Crippen LogP contribution < -0.4 is 9.80 Å². The molecule has 69 heavy (non-hydrogen) atoms. The lowest BCUT2D eigenvalue weighted by Crippen LogP contribution is -2.22. The van der Waals surface area contributed by atoms with E-state index in [-0.39, 0.29) is 24.0 Å². The van der Waals surface area contributed by atoms with E-state index in [0.29, 0.717) is 23.5 Å². The van der Waals surface area contributed by atoms with Crippen LogP contribution >= 0.6 is 0 Å². The molecular formula is C62H43N3O4. The molecule has 7 aromatic carbocycles. The molecule has 14 rings (SSSR count). The van der Waals surface area contributed by atoms with E-state index in [1.54, 1.807) is 0 Å². The molecule has 2 aliphatic heterocycles. The first kappa shape index (κ1) is 39.2. The number of benzene rings is 7. The van der Waals surface area contributed by atoms with Crippen molar-refractivity contribution in [1.29, 1.82) is 0 Å². The van der Waals surface area contributed by atoms with Gasteiger partial charge in [0, 0.05) is 56.7 Å². The second kappa shape index (κ2) is 15.9. The molecule has 0 amide bonds. The van der Waals surface area contributed by atoms with Crippen LogP contribution in [0, 0.1) is 11.8 Å². The average Bonchev–Trinajstić information content (AvgIpc) is 4.24. The number of para-hydroxylation sites is 4. The highest BCUT2D eigenvalue weighted by atomic mass is 16.5. The van der Waals surface area contributed by atoms with Crippen LogP contribution in [-0.4, -0.2) is 16.8 Å². The zero-order valence-electron chi connectivity index (χ0n) is 37.3. The molecule has 7 heteroatoms. The van der Waals surface area contributed by atoms with Gasteiger partial charge in [0.2, 0.25) is 23.5 Å². The van der Waals surface area contributed by atoms with Crippen molar-refractivity contribution in [1.82, 2.24) is 4.57 Å². The molecule has 4 aliphatic rings. The number of aromatic nitrogens is 1. The second-order valence-corrected chi connectivity index (χ2v) is 17.9. The molecule has 0 radical (unpaired) electrons. The molecule has 10 aromatic rings. The van der Waals surface area contributed by atoms with Gasteiger partial charge in [0.1, 0.15) is 23.4 Å². The van der Waals surface area contributed by atoms with E-state index in [2.05, 4.69) is 215 Å². The summed E-state index contributed by atoms with van der Waals surface area (Å²) in [5, 5.41) is 4.29. The summed E-state index contributed by atoms with van der Waals surface area (Å²) in [6.07, 6.45) is 16.7. The van der Waals surface area contributed by atoms with Crippen molar-refractivity contribution in [3.63, 3.8) is 0 Å². The van der Waals surface area contributed by atoms with Crippen LogP contribution in [0.4, 0.5) is 23.1 Å². The van der Waals surface area contributed by atoms with Gasteiger partial charge in [-0.1, -0.05) is 170 Å². The first-order valence-electron chi connectivity index (χ1n) is 23.6. The van der Waals surface area contributed by atoms with Crippen LogP contribution in [0.1, 0.15) is 11.1 Å². The lowest BCUT2D eigenvalue weighted by Gasteiger charge is -2.29. The maximum Gasteiger partial charge on any atom is 0.208 e. The Kier molecular flexibility index (Phi) is 9.02. The minimum Gasteiger partial charge on any atom is -0.470 e. The maximum atomic E-state index is 7.25. The summed E-state index contributed by atoms with van der Waals surface area (Å²) in [6, 6.07) is 65.7. The van der Waals surface area contributed by atoms with Crippen LogP contribution in [0.5, 0.6) is 0 Å². The molecule has 0 spiro atoms. The Hall–Kier alpha value is -8.94. The van der Waals surface area contributed by atoms with E-state index < -0.39 is 0 Å². The SMILES string of the molecule is C1=CC2OC(N(c3cc(N(C4=C(c5ccccc5)C5C=CC=CC5O4)c4cc5ccccc5o4)cc(-n4c5ccccc5c5ccccc54)c3)c3cc4ccccc4o3)=C(c3ccccc3)C2C=C1. The molecule has 0 bridgehead atoms. The summed E-state index contributed by atoms with van der Waals surface area (Å²) in [7, 11) is 0. The van der Waals surface area contributed by atoms with Gasteiger partial charge in [-0.15, -0.1) is 0 Å². The number of hydrogen-bond acceptors (Lipinski definition) is 6. The van der Waals surface area contributed by atoms with Crippen molar-refractivity contribution in [3.05, 3.63) is 260 Å². The van der Waals surface area contributed by atoms with Gasteiger partial charge in [-0.25, -0.2) is 0 Å². The van der Waals surface area contributed by atoms with E-state index >= 15 is 0 Å². The molecule has 3 aromatic heterocycles. The largest absolute Gasteiger partial charge is 0.470 e. The van der Waals surface area contributed by atoms with Crippen molar-refractivity contribution >= 4 is 78.0 Å². The van der Waals surface area contributed by atoms with Gasteiger partial charge < -0.3 is 22.9 Å². The molecule has 2 aliphatic carbocycles. The minimum atomic E-state index is -0.228. The van der Waals surface area contributed by atoms with Crippen LogP contribution in [0.3, 0.4) is 0 Å². The smallest absolute Gasteiger partial charge is 0.208 e. The Morgan fingerprint density at radius 3 is 1.29 bits per heavy atom. The standard InChI is InChI=1S/C62H43N3O4/c1-3-19-40(20-4-1)59-49-27-11-17-33-55(49)68-61(59)64(57-35-42-23-7-15-31-53(42)66-57)45-37-44(63-51-29-13-9-25-47(51)48-26-10-14-30-52(48)63)38-46(39-45)65(58-36-43-24-8-16-32-54(43)67-58)62-60(41-21-5-2-6-22-41)50-28-12-18-34-56(50)69-62/h1-39,49-50,55-56H. The number of ether oxygens (including phenoxy) is 2. The van der Waals surface area contributed by atoms with Crippen molar-refractivity contribution in [2.45, 2.75) is 12.2 Å². The summed E-state index contributed by atoms with van der Waals surface area (Å²) in [5.41, 5.74) is 10.6. The van der Waals surface area contributed by atoms with Crippen LogP contribution in [0.15, 0.2) is 257 Å². The number of rotatable bonds is 9. The molecule has 0 saturated carbocycles. The molecule has 4 unspecified atom stereocenters. The topological polar surface area (TPSA) is 56.1 Å². The molecular weight excluding hydrogens is 851 g/mol. The minimum absolute atomic E-state index is 0.0405. The molecule has 4 atom stereocenters. The number of fused-ring (bicyclic) bond motifs is 7. The van der Waals surface area contributed by atoms with Crippen molar-refractivity contribution in [3.8, 4) is 5.69 Å². The van der Waals surface area contributed by atoms with E-state index in [0.717, 1.165) is 83.1 Å². The first-order chi connectivity index (χ1) is 34.2. The van der Waals surface area contributed by atoms with E-state index in [9.17, 15) is 0 Å². The highest BCUT2D eigenvalue weighted by Crippen LogP contribution is 2.51. The van der Waals surface area contributed by atoms with Gasteiger partial charge in [-0.3, -0.25) is 9.80 Å². The lowest BCUT2D eigenvalue weighted by atomic mass is 9.87. The summed E-state index contributed by atoms with van der Waals surface area (Å²) < 4.78 is 30.8. The Labute approximate surface area is 398 Å². The summed E-state index contributed by atoms with van der Waals surface area (Å²) >= 11 is 0. The van der Waals surface area contributed by atoms with Crippen molar-refractivity contribution in [2.24, 2.45) is 11.8 Å². The zero-order valence-corrected chi connectivity index (χ0v) is 37.3. The third-order valence-electron chi connectivity index (χ3n) is 13.9. The third-order valence-corrected chi connectivity index (χ3v) is 13.9. The molecule has 7 nitrogen and oxygen atoms in total. The summed E-state index contributed by atoms with van der Waals surface area (Å²) in [5.74, 6) is 2.54. The normalized spacial score (nSPS) is 19.2. The summed E-state index contributed by atoms with van der Waals surface area (Å²) in [6.45, 7) is 0. The second-order valence-electron chi connectivity index (χ2n) is 17.9. The van der Waals surface area contributed by atoms with Crippen molar-refractivity contribution in [2.75, 3.05) is 9.80 Å². The maximum absolute atomic E-state index is 7.25. The van der Waals surface area contributed by atoms with E-state index in [4.69, 9.17) is 18.3 Å². The van der Waals surface area contributed by atoms with Crippen LogP contribution in [-0.2, 0) is 9.47 Å². The molecule has 0 N–H and O–H groups in total. The molecule has 5 heterocycles. The third kappa shape index (κ3) is 6.42. The van der Waals surface area contributed by atoms with Gasteiger partial charge in [-0.05, 0) is 65.7 Å². The van der Waals surface area contributed by atoms with Gasteiger partial charge >= 0.3 is 0 Å². The predicted octanol–water partition coefficient (Wildman–Crippen LogP) is 15.6. The fraction of sp³-hybridized carbons (Fsp3) is 0.0645. The highest BCUT2D eigenvalue weighted by Gasteiger charge is 2.42. The van der Waals surface area contributed by atoms with E-state index in [1.165, 1.54) is 0 Å². The fourth-order valence-electron chi connectivity index (χ4n) is 10.8. The summed E-state index contributed by atoms with van der Waals surface area (Å²) in [4.78, 5) is 4.35. The Morgan fingerprint density at radius 1 is 0.391 bits per heavy atom. The fourth-order valence-corrected chi connectivity index (χ4v) is 10.8. The Morgan fingerprint density at radius 2 is 0.812 bits per heavy atom. The van der Waals surface area contributed by atoms with Gasteiger partial charge in [0.25, 0.3) is 0 Å². The number of allylic oxidation sites excluding steroid dienone is 4. The monoisotopic (exact) mass is 893 g/mol. The lowest BCUT2D eigenvalue weighted by molar-refractivity contribution is 0.161. The number of hydrogen-bond donors (Lipinski definition) is 0. The molecule has 0 fully saturated rings. The highest BCUT2D eigenvalue weighted by molar-refractivity contribution is 6.09. The van der Waals surface area contributed by atoms with Gasteiger partial charge in [0.05, 0.1) is 28.1 Å². The Balaban J connectivity index is 1.11. The quantitative estimate of drug-likeness (QED) is 0.144.